The van der Waals surface area contributed by atoms with Crippen molar-refractivity contribution in [1.29, 1.82) is 0 Å². The van der Waals surface area contributed by atoms with Crippen molar-refractivity contribution in [3.05, 3.63) is 53.6 Å². The van der Waals surface area contributed by atoms with Crippen molar-refractivity contribution in [3.8, 4) is 5.75 Å². The van der Waals surface area contributed by atoms with E-state index >= 15 is 0 Å². The predicted molar refractivity (Wildman–Crippen MR) is 115 cm³/mol. The number of rotatable bonds is 5. The Labute approximate surface area is 182 Å². The highest BCUT2D eigenvalue weighted by Crippen LogP contribution is 2.57. The molecule has 2 N–H and O–H groups in total. The number of ether oxygens (including phenoxy) is 1. The molecule has 0 saturated heterocycles. The molecule has 2 unspecified atom stereocenters. The van der Waals surface area contributed by atoms with Gasteiger partial charge in [-0.3, -0.25) is 14.6 Å². The molecule has 0 aliphatic heterocycles. The third kappa shape index (κ3) is 3.77. The summed E-state index contributed by atoms with van der Waals surface area (Å²) in [6.07, 6.45) is 7.37. The second kappa shape index (κ2) is 7.32. The number of amides is 2. The van der Waals surface area contributed by atoms with Gasteiger partial charge in [-0.15, -0.1) is 0 Å². The number of nitrogens with zero attached hydrogens (tertiary/aromatic N) is 2. The van der Waals surface area contributed by atoms with E-state index in [9.17, 15) is 9.59 Å². The first-order valence-corrected chi connectivity index (χ1v) is 11.0. The molecule has 2 aromatic rings. The summed E-state index contributed by atoms with van der Waals surface area (Å²) >= 11 is 0. The van der Waals surface area contributed by atoms with Crippen molar-refractivity contribution >= 4 is 11.8 Å². The lowest BCUT2D eigenvalue weighted by molar-refractivity contribution is -0.0449. The Morgan fingerprint density at radius 1 is 1.00 bits per heavy atom. The van der Waals surface area contributed by atoms with Crippen LogP contribution in [-0.4, -0.2) is 40.0 Å². The second-order valence-electron chi connectivity index (χ2n) is 9.68. The Hall–Kier alpha value is -2.96. The third-order valence-corrected chi connectivity index (χ3v) is 7.14. The fourth-order valence-electron chi connectivity index (χ4n) is 6.50. The van der Waals surface area contributed by atoms with Gasteiger partial charge in [0.05, 0.1) is 7.11 Å². The SMILES string of the molecule is COc1ccnc(C(=O)NC23CC4CC(C2)CC(NC(=O)c2cccc(C)n2)(C4)C3)c1. The minimum absolute atomic E-state index is 0.124. The van der Waals surface area contributed by atoms with Crippen LogP contribution in [0.2, 0.25) is 0 Å². The number of aryl methyl sites for hydroxylation is 1. The summed E-state index contributed by atoms with van der Waals surface area (Å²) in [6, 6.07) is 8.90. The highest BCUT2D eigenvalue weighted by molar-refractivity contribution is 5.94. The van der Waals surface area contributed by atoms with Crippen LogP contribution in [-0.2, 0) is 0 Å². The normalized spacial score (nSPS) is 30.6. The number of methoxy groups -OCH3 is 1. The highest BCUT2D eigenvalue weighted by Gasteiger charge is 2.58. The van der Waals surface area contributed by atoms with E-state index in [0.717, 1.165) is 37.8 Å². The molecule has 2 amide bonds. The standard InChI is InChI=1S/C24H28N4O3/c1-15-4-3-5-19(26-15)21(29)27-23-10-16-8-17(11-23)13-24(12-16,14-23)28-22(30)20-9-18(31-2)6-7-25-20/h3-7,9,16-17H,8,10-14H2,1-2H3,(H,27,29)(H,28,30). The van der Waals surface area contributed by atoms with Gasteiger partial charge in [-0.25, -0.2) is 4.98 Å². The van der Waals surface area contributed by atoms with Gasteiger partial charge in [-0.1, -0.05) is 6.07 Å². The Kier molecular flexibility index (Phi) is 4.72. The van der Waals surface area contributed by atoms with E-state index in [2.05, 4.69) is 20.6 Å². The minimum atomic E-state index is -0.306. The van der Waals surface area contributed by atoms with Gasteiger partial charge in [0.25, 0.3) is 11.8 Å². The summed E-state index contributed by atoms with van der Waals surface area (Å²) in [5.74, 6) is 1.32. The summed E-state index contributed by atoms with van der Waals surface area (Å²) in [5.41, 5.74) is 1.04. The van der Waals surface area contributed by atoms with E-state index in [0.29, 0.717) is 29.0 Å². The number of hydrogen-bond acceptors (Lipinski definition) is 5. The summed E-state index contributed by atoms with van der Waals surface area (Å²) < 4.78 is 5.24. The quantitative estimate of drug-likeness (QED) is 0.776. The zero-order valence-electron chi connectivity index (χ0n) is 18.0. The van der Waals surface area contributed by atoms with Crippen LogP contribution in [0.5, 0.6) is 5.75 Å². The van der Waals surface area contributed by atoms with Crippen LogP contribution in [0, 0.1) is 18.8 Å². The van der Waals surface area contributed by atoms with Crippen LogP contribution in [0.3, 0.4) is 0 Å². The number of nitrogens with one attached hydrogen (secondary N) is 2. The molecule has 162 valence electrons. The van der Waals surface area contributed by atoms with Crippen LogP contribution in [0.4, 0.5) is 0 Å². The zero-order chi connectivity index (χ0) is 21.6. The van der Waals surface area contributed by atoms with Gasteiger partial charge in [-0.2, -0.15) is 0 Å². The fourth-order valence-corrected chi connectivity index (χ4v) is 6.50. The molecule has 7 nitrogen and oxygen atoms in total. The molecule has 7 heteroatoms. The first kappa shape index (κ1) is 20.0. The number of hydrogen-bond donors (Lipinski definition) is 2. The smallest absolute Gasteiger partial charge is 0.270 e. The van der Waals surface area contributed by atoms with Gasteiger partial charge in [0, 0.05) is 29.0 Å². The summed E-state index contributed by atoms with van der Waals surface area (Å²) in [5, 5.41) is 6.65. The molecular weight excluding hydrogens is 392 g/mol. The van der Waals surface area contributed by atoms with Gasteiger partial charge >= 0.3 is 0 Å². The van der Waals surface area contributed by atoms with Gasteiger partial charge in [0.1, 0.15) is 17.1 Å². The maximum absolute atomic E-state index is 13.1. The lowest BCUT2D eigenvalue weighted by Crippen LogP contribution is -2.70. The Balaban J connectivity index is 1.37. The number of carbonyl (C=O) groups excluding carboxylic acids is 2. The Bertz CT molecular complexity index is 1020. The largest absolute Gasteiger partial charge is 0.497 e. The average Bonchev–Trinajstić information content (AvgIpc) is 2.72. The molecule has 4 aliphatic carbocycles. The maximum Gasteiger partial charge on any atom is 0.270 e. The van der Waals surface area contributed by atoms with E-state index in [1.165, 1.54) is 6.42 Å². The van der Waals surface area contributed by atoms with Crippen molar-refractivity contribution in [2.45, 2.75) is 56.5 Å². The van der Waals surface area contributed by atoms with Crippen molar-refractivity contribution in [2.24, 2.45) is 11.8 Å². The lowest BCUT2D eigenvalue weighted by atomic mass is 9.49. The van der Waals surface area contributed by atoms with Crippen LogP contribution < -0.4 is 15.4 Å². The molecule has 4 aliphatic rings. The van der Waals surface area contributed by atoms with Crippen molar-refractivity contribution < 1.29 is 14.3 Å². The average molecular weight is 421 g/mol. The molecule has 31 heavy (non-hydrogen) atoms. The maximum atomic E-state index is 13.1. The topological polar surface area (TPSA) is 93.2 Å². The molecule has 2 aromatic heterocycles. The van der Waals surface area contributed by atoms with E-state index < -0.39 is 0 Å². The van der Waals surface area contributed by atoms with Gasteiger partial charge in [-0.05, 0) is 75.5 Å². The van der Waals surface area contributed by atoms with E-state index in [1.807, 2.05) is 19.1 Å². The Morgan fingerprint density at radius 3 is 2.26 bits per heavy atom. The number of aromatic nitrogens is 2. The summed E-state index contributed by atoms with van der Waals surface area (Å²) in [4.78, 5) is 34.7. The minimum Gasteiger partial charge on any atom is -0.497 e. The van der Waals surface area contributed by atoms with Gasteiger partial charge < -0.3 is 15.4 Å². The van der Waals surface area contributed by atoms with Crippen LogP contribution in [0.25, 0.3) is 0 Å². The first-order chi connectivity index (χ1) is 14.9. The van der Waals surface area contributed by atoms with Crippen molar-refractivity contribution in [2.75, 3.05) is 7.11 Å². The fraction of sp³-hybridized carbons (Fsp3) is 0.500. The molecule has 0 aromatic carbocycles. The van der Waals surface area contributed by atoms with E-state index in [1.54, 1.807) is 31.5 Å². The van der Waals surface area contributed by atoms with Crippen LogP contribution in [0.15, 0.2) is 36.5 Å². The molecular formula is C24H28N4O3. The molecule has 6 rings (SSSR count). The van der Waals surface area contributed by atoms with E-state index in [-0.39, 0.29) is 22.9 Å². The second-order valence-corrected chi connectivity index (χ2v) is 9.68. The highest BCUT2D eigenvalue weighted by atomic mass is 16.5. The summed E-state index contributed by atoms with van der Waals surface area (Å²) in [7, 11) is 1.58. The van der Waals surface area contributed by atoms with Gasteiger partial charge in [0.2, 0.25) is 0 Å². The summed E-state index contributed by atoms with van der Waals surface area (Å²) in [6.45, 7) is 1.89. The number of pyridine rings is 2. The molecule has 2 heterocycles. The molecule has 2 atom stereocenters. The molecule has 4 fully saturated rings. The lowest BCUT2D eigenvalue weighted by Gasteiger charge is -2.62. The molecule has 4 saturated carbocycles. The zero-order valence-corrected chi connectivity index (χ0v) is 18.0. The molecule has 0 radical (unpaired) electrons. The van der Waals surface area contributed by atoms with Gasteiger partial charge in [0.15, 0.2) is 0 Å². The number of carbonyl (C=O) groups is 2. The van der Waals surface area contributed by atoms with Crippen molar-refractivity contribution in [3.63, 3.8) is 0 Å². The van der Waals surface area contributed by atoms with E-state index in [4.69, 9.17) is 4.74 Å². The monoisotopic (exact) mass is 420 g/mol. The molecule has 4 bridgehead atoms. The Morgan fingerprint density at radius 2 is 1.65 bits per heavy atom. The van der Waals surface area contributed by atoms with Crippen LogP contribution in [0.1, 0.15) is 65.2 Å². The van der Waals surface area contributed by atoms with Crippen molar-refractivity contribution in [1.82, 2.24) is 20.6 Å². The van der Waals surface area contributed by atoms with Crippen LogP contribution >= 0.6 is 0 Å². The molecule has 0 spiro atoms. The first-order valence-electron chi connectivity index (χ1n) is 11.0. The predicted octanol–water partition coefficient (Wildman–Crippen LogP) is 3.04. The third-order valence-electron chi connectivity index (χ3n) is 7.14.